The Morgan fingerprint density at radius 3 is 1.53 bits per heavy atom. The zero-order valence-electron chi connectivity index (χ0n) is 35.6. The summed E-state index contributed by atoms with van der Waals surface area (Å²) in [5.41, 5.74) is 13.3. The summed E-state index contributed by atoms with van der Waals surface area (Å²) in [5, 5.41) is 0. The molecule has 0 aromatic heterocycles. The highest BCUT2D eigenvalue weighted by molar-refractivity contribution is 6.66. The van der Waals surface area contributed by atoms with Gasteiger partial charge < -0.3 is 4.90 Å². The number of hydrogen-bond acceptors (Lipinski definition) is 1. The van der Waals surface area contributed by atoms with Crippen molar-refractivity contribution in [3.63, 3.8) is 0 Å². The minimum absolute atomic E-state index is 0.0654. The van der Waals surface area contributed by atoms with E-state index in [0.29, 0.717) is 61.0 Å². The second-order valence-corrected chi connectivity index (χ2v) is 19.1. The smallest absolute Gasteiger partial charge is 0.117 e. The molecule has 1 nitrogen and oxygen atoms in total. The molecule has 268 valence electrons. The lowest BCUT2D eigenvalue weighted by Gasteiger charge is -2.38. The van der Waals surface area contributed by atoms with Crippen molar-refractivity contribution in [3.8, 4) is 22.3 Å². The molecule has 3 aliphatic rings. The van der Waals surface area contributed by atoms with Gasteiger partial charge in [-0.05, 0) is 98.4 Å². The first-order chi connectivity index (χ1) is 28.1. The number of nitrogens with zero attached hydrogens (tertiary/aromatic N) is 1. The van der Waals surface area contributed by atoms with E-state index in [4.69, 9.17) is 78.5 Å². The van der Waals surface area contributed by atoms with Gasteiger partial charge in [0.05, 0.1) is 0 Å². The molecule has 0 heterocycles. The fourth-order valence-electron chi connectivity index (χ4n) is 11.7. The van der Waals surface area contributed by atoms with Gasteiger partial charge in [-0.2, -0.15) is 0 Å². The van der Waals surface area contributed by atoms with Crippen LogP contribution < -0.4 is 59.5 Å². The van der Waals surface area contributed by atoms with Gasteiger partial charge in [0.2, 0.25) is 0 Å². The van der Waals surface area contributed by atoms with Crippen LogP contribution in [-0.2, 0) is 21.7 Å². The number of rotatable bonds is 4. The average Bonchev–Trinajstić information content (AvgIpc) is 3.70. The standard InChI is InChI=1S/C49H37B10N/c1-22-34(50)32-30(37(53)35(22)51)31-33(48(32,6)7)39(55)45(42(58)38(31)54)60(44-29(23-13-9-8-10-14-23)36(52)40(56)41(57)43(44)59)24-17-18-26-28(19-24)49(21-47(26,4)5)20-46(2,3)25-15-11-12-16-27(25)49/h8-19H,20-21H2,1-7H3. The first kappa shape index (κ1) is 41.1. The van der Waals surface area contributed by atoms with Crippen molar-refractivity contribution in [2.75, 3.05) is 4.90 Å². The van der Waals surface area contributed by atoms with Crippen molar-refractivity contribution < 1.29 is 0 Å². The molecule has 60 heavy (non-hydrogen) atoms. The largest absolute Gasteiger partial charge is 0.312 e. The summed E-state index contributed by atoms with van der Waals surface area (Å²) in [6.45, 7) is 15.3. The molecule has 0 bridgehead atoms. The third kappa shape index (κ3) is 5.32. The maximum absolute atomic E-state index is 7.61. The second-order valence-electron chi connectivity index (χ2n) is 19.1. The number of anilines is 3. The third-order valence-electron chi connectivity index (χ3n) is 14.3. The first-order valence-electron chi connectivity index (χ1n) is 20.4. The molecule has 9 rings (SSSR count). The number of benzene rings is 6. The van der Waals surface area contributed by atoms with Crippen molar-refractivity contribution >= 4 is 150 Å². The Kier molecular flexibility index (Phi) is 9.18. The Labute approximate surface area is 370 Å². The highest BCUT2D eigenvalue weighted by Crippen LogP contribution is 2.63. The summed E-state index contributed by atoms with van der Waals surface area (Å²) in [4.78, 5) is 1.99. The van der Waals surface area contributed by atoms with Crippen molar-refractivity contribution in [1.29, 1.82) is 0 Å². The van der Waals surface area contributed by atoms with Gasteiger partial charge in [-0.3, -0.25) is 0 Å². The lowest BCUT2D eigenvalue weighted by molar-refractivity contribution is 0.349. The fourth-order valence-corrected chi connectivity index (χ4v) is 11.7. The van der Waals surface area contributed by atoms with Gasteiger partial charge in [0, 0.05) is 27.9 Å². The van der Waals surface area contributed by atoms with E-state index in [9.17, 15) is 0 Å². The highest BCUT2D eigenvalue weighted by atomic mass is 15.2. The van der Waals surface area contributed by atoms with Crippen LogP contribution in [0, 0.1) is 6.92 Å². The van der Waals surface area contributed by atoms with Crippen LogP contribution in [0.15, 0.2) is 72.8 Å². The van der Waals surface area contributed by atoms with Crippen molar-refractivity contribution in [2.45, 2.75) is 83.0 Å². The average molecular weight is 748 g/mol. The molecule has 0 aliphatic heterocycles. The molecule has 11 heteroatoms. The molecule has 20 radical (unpaired) electrons. The zero-order valence-corrected chi connectivity index (χ0v) is 35.6. The third-order valence-corrected chi connectivity index (χ3v) is 14.3. The summed E-state index contributed by atoms with van der Waals surface area (Å²) in [6.07, 6.45) is 1.87. The van der Waals surface area contributed by atoms with Crippen molar-refractivity contribution in [1.82, 2.24) is 0 Å². The Morgan fingerprint density at radius 2 is 0.917 bits per heavy atom. The van der Waals surface area contributed by atoms with E-state index in [1.54, 1.807) is 0 Å². The van der Waals surface area contributed by atoms with E-state index in [1.165, 1.54) is 22.3 Å². The molecule has 0 N–H and O–H groups in total. The molecule has 6 aromatic carbocycles. The molecule has 0 saturated carbocycles. The monoisotopic (exact) mass is 749 g/mol. The summed E-state index contributed by atoms with van der Waals surface area (Å²) in [5.74, 6) is 0. The van der Waals surface area contributed by atoms with Gasteiger partial charge in [0.15, 0.2) is 0 Å². The molecule has 0 amide bonds. The van der Waals surface area contributed by atoms with Gasteiger partial charge in [-0.1, -0.05) is 146 Å². The van der Waals surface area contributed by atoms with Gasteiger partial charge in [-0.15, -0.1) is 16.4 Å². The van der Waals surface area contributed by atoms with Crippen LogP contribution in [0.25, 0.3) is 22.3 Å². The molecule has 1 spiro atoms. The molecule has 0 saturated heterocycles. The zero-order chi connectivity index (χ0) is 43.3. The van der Waals surface area contributed by atoms with E-state index in [2.05, 4.69) is 84.0 Å². The topological polar surface area (TPSA) is 3.24 Å². The Balaban J connectivity index is 1.43. The molecule has 0 fully saturated rings. The van der Waals surface area contributed by atoms with Gasteiger partial charge >= 0.3 is 0 Å². The molecule has 1 atom stereocenters. The van der Waals surface area contributed by atoms with E-state index in [1.807, 2.05) is 42.2 Å². The molecular formula is C49H37B10N. The normalized spacial score (nSPS) is 18.6. The van der Waals surface area contributed by atoms with Crippen LogP contribution in [0.2, 0.25) is 0 Å². The van der Waals surface area contributed by atoms with Crippen LogP contribution >= 0.6 is 0 Å². The SMILES string of the molecule is [B]c1c([B])c([B])c(N(c2ccc3c(c2)C2(CC(C)(C)c4ccccc42)CC3(C)C)c2c([B])c([B])c3c(c2[B])C(C)(C)c2c([B])c(C)c([B])c([B])c2-3)c(-c2ccccc2)c1[B]. The predicted octanol–water partition coefficient (Wildman–Crippen LogP) is 1.02. The maximum atomic E-state index is 7.61. The first-order valence-corrected chi connectivity index (χ1v) is 20.4. The van der Waals surface area contributed by atoms with E-state index >= 15 is 0 Å². The van der Waals surface area contributed by atoms with E-state index in [-0.39, 0.29) is 49.0 Å². The van der Waals surface area contributed by atoms with Crippen LogP contribution in [0.4, 0.5) is 17.1 Å². The fraction of sp³-hybridized carbons (Fsp3) is 0.265. The van der Waals surface area contributed by atoms with Crippen LogP contribution in [-0.4, -0.2) is 78.5 Å². The van der Waals surface area contributed by atoms with Gasteiger partial charge in [0.1, 0.15) is 78.5 Å². The number of fused-ring (bicyclic) bond motifs is 7. The van der Waals surface area contributed by atoms with Crippen molar-refractivity contribution in [3.05, 3.63) is 112 Å². The Hall–Kier alpha value is -4.23. The van der Waals surface area contributed by atoms with E-state index < -0.39 is 5.41 Å². The lowest BCUT2D eigenvalue weighted by atomic mass is 9.63. The molecule has 3 aliphatic carbocycles. The molecule has 1 unspecified atom stereocenters. The van der Waals surface area contributed by atoms with Crippen LogP contribution in [0.5, 0.6) is 0 Å². The van der Waals surface area contributed by atoms with Crippen LogP contribution in [0.3, 0.4) is 0 Å². The quantitative estimate of drug-likeness (QED) is 0.244. The van der Waals surface area contributed by atoms with Gasteiger partial charge in [-0.25, -0.2) is 0 Å². The predicted molar refractivity (Wildman–Crippen MR) is 265 cm³/mol. The van der Waals surface area contributed by atoms with Gasteiger partial charge in [0.25, 0.3) is 0 Å². The Bertz CT molecular complexity index is 2870. The minimum Gasteiger partial charge on any atom is -0.312 e. The Morgan fingerprint density at radius 1 is 0.433 bits per heavy atom. The summed E-state index contributed by atoms with van der Waals surface area (Å²) in [7, 11) is 70.3. The maximum Gasteiger partial charge on any atom is 0.117 e. The van der Waals surface area contributed by atoms with Crippen LogP contribution in [0.1, 0.15) is 93.3 Å². The lowest BCUT2D eigenvalue weighted by Crippen LogP contribution is -2.51. The van der Waals surface area contributed by atoms with E-state index in [0.717, 1.165) is 29.7 Å². The summed E-state index contributed by atoms with van der Waals surface area (Å²) in [6, 6.07) is 25.2. The highest BCUT2D eigenvalue weighted by Gasteiger charge is 2.56. The molecule has 6 aromatic rings. The van der Waals surface area contributed by atoms with Crippen molar-refractivity contribution in [2.24, 2.45) is 0 Å². The minimum atomic E-state index is -0.786. The number of hydrogen-bond donors (Lipinski definition) is 0. The summed E-state index contributed by atoms with van der Waals surface area (Å²) >= 11 is 0. The summed E-state index contributed by atoms with van der Waals surface area (Å²) < 4.78 is 0. The molecular weight excluding hydrogens is 711 g/mol. The second kappa shape index (κ2) is 13.4.